The van der Waals surface area contributed by atoms with Crippen LogP contribution in [0.4, 0.5) is 0 Å². The Morgan fingerprint density at radius 1 is 0.520 bits per heavy atom. The number of aliphatic hydroxyl groups is 1. The number of carbonyl (C=O) groups is 2. The maximum absolute atomic E-state index is 12.6. The van der Waals surface area contributed by atoms with Crippen molar-refractivity contribution in [3.63, 3.8) is 0 Å². The van der Waals surface area contributed by atoms with Crippen LogP contribution in [-0.2, 0) is 28.1 Å². The van der Waals surface area contributed by atoms with Crippen LogP contribution in [0.2, 0.25) is 0 Å². The standard InChI is InChI=1S/C40H81NO8P/c1-6-8-10-12-14-16-18-20-22-24-26-28-30-32-39(43)46-34-37(35-47-50(45)48-36-38(42)41(3,4)5)49-40(44)33-31-29-27-25-23-21-19-17-15-13-11-9-7-2/h37-38,42,45H,6-36H2,1-5H3/q+1. The zero-order valence-electron chi connectivity index (χ0n) is 33.3. The fraction of sp³-hybridized carbons (Fsp3) is 0.950. The van der Waals surface area contributed by atoms with E-state index in [1.54, 1.807) is 0 Å². The molecular weight excluding hydrogens is 653 g/mol. The lowest BCUT2D eigenvalue weighted by Gasteiger charge is -2.29. The molecule has 9 nitrogen and oxygen atoms in total. The van der Waals surface area contributed by atoms with Gasteiger partial charge in [0.1, 0.15) is 13.2 Å². The Morgan fingerprint density at radius 3 is 1.24 bits per heavy atom. The number of aliphatic hydroxyl groups excluding tert-OH is 1. The molecule has 0 amide bonds. The largest absolute Gasteiger partial charge is 0.462 e. The monoisotopic (exact) mass is 735 g/mol. The lowest BCUT2D eigenvalue weighted by molar-refractivity contribution is -0.918. The smallest absolute Gasteiger partial charge is 0.330 e. The van der Waals surface area contributed by atoms with Crippen molar-refractivity contribution in [1.29, 1.82) is 0 Å². The molecule has 0 aliphatic rings. The molecule has 0 spiro atoms. The number of hydrogen-bond acceptors (Lipinski definition) is 8. The first-order valence-corrected chi connectivity index (χ1v) is 21.8. The summed E-state index contributed by atoms with van der Waals surface area (Å²) in [4.78, 5) is 35.3. The van der Waals surface area contributed by atoms with Gasteiger partial charge in [-0.25, -0.2) is 0 Å². The minimum atomic E-state index is -2.30. The molecule has 0 saturated heterocycles. The first-order valence-electron chi connectivity index (χ1n) is 20.7. The van der Waals surface area contributed by atoms with E-state index < -0.39 is 20.9 Å². The molecule has 298 valence electrons. The van der Waals surface area contributed by atoms with Crippen LogP contribution >= 0.6 is 8.60 Å². The van der Waals surface area contributed by atoms with E-state index in [-0.39, 0.29) is 36.2 Å². The summed E-state index contributed by atoms with van der Waals surface area (Å²) in [6, 6.07) is 0. The van der Waals surface area contributed by atoms with Gasteiger partial charge in [-0.15, -0.1) is 0 Å². The number of ether oxygens (including phenoxy) is 2. The number of nitrogens with zero attached hydrogens (tertiary/aromatic N) is 1. The molecule has 10 heteroatoms. The van der Waals surface area contributed by atoms with Crippen LogP contribution < -0.4 is 0 Å². The zero-order valence-corrected chi connectivity index (χ0v) is 34.2. The maximum atomic E-state index is 12.6. The van der Waals surface area contributed by atoms with Gasteiger partial charge in [0.15, 0.2) is 6.10 Å². The van der Waals surface area contributed by atoms with E-state index >= 15 is 0 Å². The molecule has 0 aromatic rings. The van der Waals surface area contributed by atoms with Gasteiger partial charge in [0, 0.05) is 12.8 Å². The second-order valence-electron chi connectivity index (χ2n) is 15.2. The van der Waals surface area contributed by atoms with Crippen molar-refractivity contribution in [2.24, 2.45) is 0 Å². The highest BCUT2D eigenvalue weighted by Crippen LogP contribution is 2.33. The van der Waals surface area contributed by atoms with E-state index in [1.165, 1.54) is 128 Å². The second kappa shape index (κ2) is 35.2. The molecule has 0 aromatic heterocycles. The van der Waals surface area contributed by atoms with Crippen molar-refractivity contribution in [3.8, 4) is 0 Å². The topological polar surface area (TPSA) is 112 Å². The molecule has 0 rings (SSSR count). The summed E-state index contributed by atoms with van der Waals surface area (Å²) in [6.07, 6.45) is 31.1. The van der Waals surface area contributed by atoms with Gasteiger partial charge in [0.25, 0.3) is 0 Å². The lowest BCUT2D eigenvalue weighted by atomic mass is 10.0. The number of rotatable bonds is 38. The molecule has 0 aliphatic heterocycles. The van der Waals surface area contributed by atoms with Gasteiger partial charge in [-0.2, -0.15) is 0 Å². The zero-order chi connectivity index (χ0) is 37.1. The fourth-order valence-corrected chi connectivity index (χ4v) is 6.36. The van der Waals surface area contributed by atoms with E-state index in [0.29, 0.717) is 12.8 Å². The molecular formula is C40H81NO8P+. The first-order chi connectivity index (χ1) is 24.1. The van der Waals surface area contributed by atoms with E-state index in [1.807, 2.05) is 21.1 Å². The lowest BCUT2D eigenvalue weighted by Crippen LogP contribution is -2.47. The highest BCUT2D eigenvalue weighted by atomic mass is 31.2. The van der Waals surface area contributed by atoms with Crippen LogP contribution in [0.15, 0.2) is 0 Å². The number of likely N-dealkylation sites (N-methyl/N-ethyl adjacent to an activating group) is 1. The molecule has 0 fully saturated rings. The van der Waals surface area contributed by atoms with Gasteiger partial charge in [-0.3, -0.25) is 9.59 Å². The van der Waals surface area contributed by atoms with Gasteiger partial charge >= 0.3 is 20.5 Å². The van der Waals surface area contributed by atoms with Gasteiger partial charge in [-0.05, 0) is 12.8 Å². The molecule has 0 radical (unpaired) electrons. The van der Waals surface area contributed by atoms with Gasteiger partial charge in [0.05, 0.1) is 27.7 Å². The van der Waals surface area contributed by atoms with Crippen LogP contribution in [0.1, 0.15) is 194 Å². The minimum Gasteiger partial charge on any atom is -0.462 e. The maximum Gasteiger partial charge on any atom is 0.330 e. The van der Waals surface area contributed by atoms with Crippen LogP contribution in [-0.4, -0.2) is 79.7 Å². The quantitative estimate of drug-likeness (QED) is 0.0212. The summed E-state index contributed by atoms with van der Waals surface area (Å²) in [5, 5.41) is 10.2. The predicted molar refractivity (Wildman–Crippen MR) is 207 cm³/mol. The summed E-state index contributed by atoms with van der Waals surface area (Å²) in [5.41, 5.74) is 0. The highest BCUT2D eigenvalue weighted by molar-refractivity contribution is 7.40. The number of hydrogen-bond donors (Lipinski definition) is 2. The Morgan fingerprint density at radius 2 is 0.860 bits per heavy atom. The average molecular weight is 735 g/mol. The van der Waals surface area contributed by atoms with Crippen LogP contribution in [0, 0.1) is 0 Å². The van der Waals surface area contributed by atoms with Crippen LogP contribution in [0.5, 0.6) is 0 Å². The molecule has 3 unspecified atom stereocenters. The summed E-state index contributed by atoms with van der Waals surface area (Å²) in [7, 11) is 3.14. The van der Waals surface area contributed by atoms with E-state index in [4.69, 9.17) is 18.5 Å². The number of esters is 2. The molecule has 0 heterocycles. The first kappa shape index (κ1) is 49.2. The molecule has 0 saturated carbocycles. The fourth-order valence-electron chi connectivity index (χ4n) is 5.73. The summed E-state index contributed by atoms with van der Waals surface area (Å²) < 4.78 is 22.0. The number of carbonyl (C=O) groups excluding carboxylic acids is 2. The molecule has 0 aliphatic carbocycles. The van der Waals surface area contributed by atoms with Gasteiger partial charge < -0.3 is 33.0 Å². The third-order valence-corrected chi connectivity index (χ3v) is 10.0. The molecule has 0 aromatic carbocycles. The van der Waals surface area contributed by atoms with Crippen molar-refractivity contribution in [1.82, 2.24) is 0 Å². The van der Waals surface area contributed by atoms with Gasteiger partial charge in [0.2, 0.25) is 6.23 Å². The van der Waals surface area contributed by atoms with E-state index in [2.05, 4.69) is 13.8 Å². The van der Waals surface area contributed by atoms with Crippen molar-refractivity contribution in [2.75, 3.05) is 41.0 Å². The molecule has 50 heavy (non-hydrogen) atoms. The van der Waals surface area contributed by atoms with E-state index in [0.717, 1.165) is 38.5 Å². The van der Waals surface area contributed by atoms with Gasteiger partial charge in [-0.1, -0.05) is 168 Å². The molecule has 2 N–H and O–H groups in total. The van der Waals surface area contributed by atoms with Crippen molar-refractivity contribution in [2.45, 2.75) is 206 Å². The third-order valence-electron chi connectivity index (χ3n) is 9.30. The Kier molecular flexibility index (Phi) is 34.6. The Labute approximate surface area is 309 Å². The SMILES string of the molecule is CCCCCCCCCCCCCCCC(=O)OCC(COP(O)OCC(O)[N+](C)(C)C)OC(=O)CCCCCCCCCCCCCCC. The Balaban J connectivity index is 4.32. The Bertz CT molecular complexity index is 766. The third kappa shape index (κ3) is 34.3. The van der Waals surface area contributed by atoms with Crippen LogP contribution in [0.25, 0.3) is 0 Å². The molecule has 3 atom stereocenters. The highest BCUT2D eigenvalue weighted by Gasteiger charge is 2.24. The van der Waals surface area contributed by atoms with Crippen molar-refractivity contribution < 1.29 is 42.6 Å². The summed E-state index contributed by atoms with van der Waals surface area (Å²) in [5.74, 6) is -0.683. The average Bonchev–Trinajstić information content (AvgIpc) is 3.08. The summed E-state index contributed by atoms with van der Waals surface area (Å²) in [6.45, 7) is 4.10. The number of quaternary nitrogens is 1. The normalized spacial score (nSPS) is 13.7. The van der Waals surface area contributed by atoms with E-state index in [9.17, 15) is 19.6 Å². The predicted octanol–water partition coefficient (Wildman–Crippen LogP) is 10.7. The van der Waals surface area contributed by atoms with Crippen molar-refractivity contribution >= 4 is 20.5 Å². The van der Waals surface area contributed by atoms with Crippen molar-refractivity contribution in [3.05, 3.63) is 0 Å². The summed E-state index contributed by atoms with van der Waals surface area (Å²) >= 11 is 0. The second-order valence-corrected chi connectivity index (χ2v) is 16.2. The Hall–Kier alpha value is -0.830. The molecule has 0 bridgehead atoms. The van der Waals surface area contributed by atoms with Crippen LogP contribution in [0.3, 0.4) is 0 Å². The number of unbranched alkanes of at least 4 members (excludes halogenated alkanes) is 24. The minimum absolute atomic E-state index is 0.108.